The summed E-state index contributed by atoms with van der Waals surface area (Å²) in [6.45, 7) is 2.50. The van der Waals surface area contributed by atoms with Crippen molar-refractivity contribution in [2.75, 3.05) is 6.54 Å². The first-order valence-electron chi connectivity index (χ1n) is 7.05. The van der Waals surface area contributed by atoms with Crippen LogP contribution in [0.3, 0.4) is 0 Å². The zero-order valence-corrected chi connectivity index (χ0v) is 12.0. The Morgan fingerprint density at radius 1 is 1.10 bits per heavy atom. The van der Waals surface area contributed by atoms with Gasteiger partial charge in [0.1, 0.15) is 11.9 Å². The Morgan fingerprint density at radius 3 is 2.76 bits per heavy atom. The normalized spacial score (nSPS) is 12.3. The van der Waals surface area contributed by atoms with E-state index >= 15 is 0 Å². The van der Waals surface area contributed by atoms with Crippen LogP contribution >= 0.6 is 0 Å². The Morgan fingerprint density at radius 2 is 1.95 bits per heavy atom. The second-order valence-electron chi connectivity index (χ2n) is 5.08. The molecule has 1 heterocycles. The van der Waals surface area contributed by atoms with Gasteiger partial charge in [-0.2, -0.15) is 0 Å². The van der Waals surface area contributed by atoms with Crippen LogP contribution in [0.5, 0.6) is 5.75 Å². The van der Waals surface area contributed by atoms with Crippen molar-refractivity contribution in [1.82, 2.24) is 4.98 Å². The van der Waals surface area contributed by atoms with E-state index < -0.39 is 0 Å². The SMILES string of the molecule is Cc1cccc(C(CN)Oc2cccc3ncccc23)c1. The molecule has 3 nitrogen and oxygen atoms in total. The van der Waals surface area contributed by atoms with E-state index in [1.54, 1.807) is 6.20 Å². The summed E-state index contributed by atoms with van der Waals surface area (Å²) in [4.78, 5) is 4.35. The molecule has 3 heteroatoms. The fourth-order valence-corrected chi connectivity index (χ4v) is 2.45. The average molecular weight is 278 g/mol. The van der Waals surface area contributed by atoms with E-state index in [2.05, 4.69) is 24.0 Å². The molecule has 2 N–H and O–H groups in total. The highest BCUT2D eigenvalue weighted by Gasteiger charge is 2.13. The molecule has 0 fully saturated rings. The van der Waals surface area contributed by atoms with Crippen LogP contribution in [0.25, 0.3) is 10.9 Å². The molecule has 0 spiro atoms. The van der Waals surface area contributed by atoms with Gasteiger partial charge in [0.05, 0.1) is 5.52 Å². The van der Waals surface area contributed by atoms with Crippen molar-refractivity contribution < 1.29 is 4.74 Å². The Labute approximate surface area is 124 Å². The first-order valence-corrected chi connectivity index (χ1v) is 7.05. The molecule has 1 aromatic heterocycles. The number of fused-ring (bicyclic) bond motifs is 1. The van der Waals surface area contributed by atoms with Gasteiger partial charge in [0.15, 0.2) is 0 Å². The minimum absolute atomic E-state index is 0.157. The number of nitrogens with two attached hydrogens (primary N) is 1. The first-order chi connectivity index (χ1) is 10.3. The molecule has 0 aliphatic heterocycles. The molecule has 0 radical (unpaired) electrons. The Bertz CT molecular complexity index is 750. The third-order valence-corrected chi connectivity index (χ3v) is 3.50. The smallest absolute Gasteiger partial charge is 0.136 e. The second kappa shape index (κ2) is 5.94. The van der Waals surface area contributed by atoms with Crippen molar-refractivity contribution in [2.24, 2.45) is 5.73 Å². The average Bonchev–Trinajstić information content (AvgIpc) is 2.52. The van der Waals surface area contributed by atoms with Gasteiger partial charge in [0.25, 0.3) is 0 Å². The van der Waals surface area contributed by atoms with E-state index in [-0.39, 0.29) is 6.10 Å². The predicted octanol–water partition coefficient (Wildman–Crippen LogP) is 3.62. The molecule has 106 valence electrons. The molecule has 0 amide bonds. The molecule has 0 aliphatic carbocycles. The van der Waals surface area contributed by atoms with Crippen LogP contribution in [0.4, 0.5) is 0 Å². The zero-order valence-electron chi connectivity index (χ0n) is 12.0. The molecule has 3 aromatic rings. The Hall–Kier alpha value is -2.39. The lowest BCUT2D eigenvalue weighted by Crippen LogP contribution is -2.18. The van der Waals surface area contributed by atoms with Gasteiger partial charge >= 0.3 is 0 Å². The van der Waals surface area contributed by atoms with Crippen LogP contribution < -0.4 is 10.5 Å². The van der Waals surface area contributed by atoms with E-state index in [1.807, 2.05) is 42.5 Å². The lowest BCUT2D eigenvalue weighted by molar-refractivity contribution is 0.217. The number of pyridine rings is 1. The molecule has 2 aromatic carbocycles. The molecular formula is C18H18N2O. The summed E-state index contributed by atoms with van der Waals surface area (Å²) in [5, 5.41) is 1.01. The maximum Gasteiger partial charge on any atom is 0.136 e. The topological polar surface area (TPSA) is 48.1 Å². The highest BCUT2D eigenvalue weighted by Crippen LogP contribution is 2.28. The Kier molecular flexibility index (Phi) is 3.84. The molecule has 3 rings (SSSR count). The van der Waals surface area contributed by atoms with Crippen molar-refractivity contribution in [3.05, 3.63) is 71.9 Å². The lowest BCUT2D eigenvalue weighted by atomic mass is 10.1. The van der Waals surface area contributed by atoms with Gasteiger partial charge in [-0.15, -0.1) is 0 Å². The lowest BCUT2D eigenvalue weighted by Gasteiger charge is -2.19. The van der Waals surface area contributed by atoms with Gasteiger partial charge < -0.3 is 10.5 Å². The number of hydrogen-bond donors (Lipinski definition) is 1. The van der Waals surface area contributed by atoms with Crippen LogP contribution in [-0.2, 0) is 0 Å². The van der Waals surface area contributed by atoms with Crippen molar-refractivity contribution in [3.63, 3.8) is 0 Å². The van der Waals surface area contributed by atoms with E-state index in [1.165, 1.54) is 5.56 Å². The minimum Gasteiger partial charge on any atom is -0.484 e. The van der Waals surface area contributed by atoms with Crippen LogP contribution in [-0.4, -0.2) is 11.5 Å². The summed E-state index contributed by atoms with van der Waals surface area (Å²) in [5.74, 6) is 0.817. The van der Waals surface area contributed by atoms with Crippen LogP contribution in [0.2, 0.25) is 0 Å². The number of rotatable bonds is 4. The number of aryl methyl sites for hydroxylation is 1. The summed E-state index contributed by atoms with van der Waals surface area (Å²) in [6.07, 6.45) is 1.63. The molecule has 21 heavy (non-hydrogen) atoms. The number of nitrogens with zero attached hydrogens (tertiary/aromatic N) is 1. The highest BCUT2D eigenvalue weighted by molar-refractivity contribution is 5.84. The van der Waals surface area contributed by atoms with Crippen molar-refractivity contribution in [3.8, 4) is 5.75 Å². The standard InChI is InChI=1S/C18H18N2O/c1-13-5-2-6-14(11-13)18(12-19)21-17-9-3-8-16-15(17)7-4-10-20-16/h2-11,18H,12,19H2,1H3. The predicted molar refractivity (Wildman–Crippen MR) is 85.3 cm³/mol. The second-order valence-corrected chi connectivity index (χ2v) is 5.08. The van der Waals surface area contributed by atoms with Crippen LogP contribution in [0.15, 0.2) is 60.8 Å². The van der Waals surface area contributed by atoms with Gasteiger partial charge in [0.2, 0.25) is 0 Å². The highest BCUT2D eigenvalue weighted by atomic mass is 16.5. The maximum absolute atomic E-state index is 6.15. The molecule has 0 saturated heterocycles. The number of hydrogen-bond acceptors (Lipinski definition) is 3. The van der Waals surface area contributed by atoms with Gasteiger partial charge in [-0.1, -0.05) is 35.9 Å². The summed E-state index contributed by atoms with van der Waals surface area (Å²) in [7, 11) is 0. The molecule has 0 bridgehead atoms. The summed E-state index contributed by atoms with van der Waals surface area (Å²) in [5.41, 5.74) is 9.13. The van der Waals surface area contributed by atoms with Crippen molar-refractivity contribution in [1.29, 1.82) is 0 Å². The molecule has 0 saturated carbocycles. The number of aromatic nitrogens is 1. The van der Waals surface area contributed by atoms with E-state index in [9.17, 15) is 0 Å². The van der Waals surface area contributed by atoms with Gasteiger partial charge in [-0.25, -0.2) is 0 Å². The van der Waals surface area contributed by atoms with E-state index in [0.717, 1.165) is 22.2 Å². The van der Waals surface area contributed by atoms with E-state index in [0.29, 0.717) is 6.54 Å². The van der Waals surface area contributed by atoms with Crippen LogP contribution in [0.1, 0.15) is 17.2 Å². The largest absolute Gasteiger partial charge is 0.484 e. The molecule has 1 unspecified atom stereocenters. The fourth-order valence-electron chi connectivity index (χ4n) is 2.45. The third kappa shape index (κ3) is 2.88. The zero-order chi connectivity index (χ0) is 14.7. The van der Waals surface area contributed by atoms with Crippen molar-refractivity contribution in [2.45, 2.75) is 13.0 Å². The number of ether oxygens (including phenoxy) is 1. The van der Waals surface area contributed by atoms with Crippen molar-refractivity contribution >= 4 is 10.9 Å². The Balaban J connectivity index is 1.96. The maximum atomic E-state index is 6.15. The minimum atomic E-state index is -0.157. The monoisotopic (exact) mass is 278 g/mol. The number of benzene rings is 2. The third-order valence-electron chi connectivity index (χ3n) is 3.50. The molecular weight excluding hydrogens is 260 g/mol. The fraction of sp³-hybridized carbons (Fsp3) is 0.167. The van der Waals surface area contributed by atoms with Gasteiger partial charge in [-0.3, -0.25) is 4.98 Å². The summed E-state index contributed by atoms with van der Waals surface area (Å²) < 4.78 is 6.15. The van der Waals surface area contributed by atoms with Gasteiger partial charge in [0, 0.05) is 18.1 Å². The van der Waals surface area contributed by atoms with Crippen LogP contribution in [0, 0.1) is 6.92 Å². The first kappa shape index (κ1) is 13.6. The quantitative estimate of drug-likeness (QED) is 0.793. The van der Waals surface area contributed by atoms with Gasteiger partial charge in [-0.05, 0) is 36.8 Å². The molecule has 0 aliphatic rings. The molecule has 1 atom stereocenters. The summed E-state index contributed by atoms with van der Waals surface area (Å²) >= 11 is 0. The van der Waals surface area contributed by atoms with E-state index in [4.69, 9.17) is 10.5 Å². The summed E-state index contributed by atoms with van der Waals surface area (Å²) in [6, 6.07) is 18.1.